The Morgan fingerprint density at radius 1 is 1.30 bits per heavy atom. The third kappa shape index (κ3) is 4.63. The Morgan fingerprint density at radius 2 is 1.90 bits per heavy atom. The highest BCUT2D eigenvalue weighted by Gasteiger charge is 2.26. The maximum atomic E-state index is 12.1. The van der Waals surface area contributed by atoms with E-state index in [0.29, 0.717) is 0 Å². The monoisotopic (exact) mass is 339 g/mol. The summed E-state index contributed by atoms with van der Waals surface area (Å²) in [7, 11) is -3.96. The molecule has 1 atom stereocenters. The maximum Gasteiger partial charge on any atom is 0.321 e. The van der Waals surface area contributed by atoms with Gasteiger partial charge in [-0.1, -0.05) is 37.0 Å². The molecule has 112 valence electrons. The van der Waals surface area contributed by atoms with E-state index in [1.165, 1.54) is 18.2 Å². The summed E-state index contributed by atoms with van der Waals surface area (Å²) < 4.78 is 26.4. The Balaban J connectivity index is 3.03. The van der Waals surface area contributed by atoms with Crippen LogP contribution in [0.4, 0.5) is 0 Å². The van der Waals surface area contributed by atoms with Crippen LogP contribution in [-0.2, 0) is 14.8 Å². The highest BCUT2D eigenvalue weighted by Crippen LogP contribution is 2.25. The number of carbonyl (C=O) groups is 1. The fraction of sp³-hybridized carbons (Fsp3) is 0.417. The number of hydrogen-bond donors (Lipinski definition) is 2. The van der Waals surface area contributed by atoms with Crippen LogP contribution in [-0.4, -0.2) is 25.5 Å². The summed E-state index contributed by atoms with van der Waals surface area (Å²) in [6.45, 7) is 3.62. The summed E-state index contributed by atoms with van der Waals surface area (Å²) in [5, 5.41) is 9.37. The van der Waals surface area contributed by atoms with E-state index >= 15 is 0 Å². The Bertz CT molecular complexity index is 601. The first-order valence-corrected chi connectivity index (χ1v) is 8.07. The lowest BCUT2D eigenvalue weighted by Crippen LogP contribution is -2.41. The van der Waals surface area contributed by atoms with Gasteiger partial charge in [-0.15, -0.1) is 0 Å². The number of aliphatic carboxylic acids is 1. The molecule has 0 aromatic heterocycles. The molecule has 1 rings (SSSR count). The van der Waals surface area contributed by atoms with E-state index in [4.69, 9.17) is 28.3 Å². The van der Waals surface area contributed by atoms with Crippen molar-refractivity contribution in [3.8, 4) is 0 Å². The van der Waals surface area contributed by atoms with E-state index in [0.717, 1.165) is 0 Å². The van der Waals surface area contributed by atoms with Gasteiger partial charge < -0.3 is 5.11 Å². The van der Waals surface area contributed by atoms with Crippen LogP contribution in [0.3, 0.4) is 0 Å². The van der Waals surface area contributed by atoms with Gasteiger partial charge in [-0.25, -0.2) is 8.42 Å². The quantitative estimate of drug-likeness (QED) is 0.834. The number of sulfonamides is 1. The summed E-state index contributed by atoms with van der Waals surface area (Å²) in [5.74, 6) is -1.19. The van der Waals surface area contributed by atoms with Crippen molar-refractivity contribution in [2.24, 2.45) is 5.92 Å². The molecular formula is C12H15Cl2NO4S. The number of halogens is 2. The summed E-state index contributed by atoms with van der Waals surface area (Å²) in [6, 6.07) is 2.61. The van der Waals surface area contributed by atoms with Gasteiger partial charge in [-0.05, 0) is 30.5 Å². The molecule has 0 heterocycles. The molecule has 20 heavy (non-hydrogen) atoms. The number of carboxylic acid groups (broad SMARTS) is 1. The molecular weight excluding hydrogens is 325 g/mol. The van der Waals surface area contributed by atoms with Crippen molar-refractivity contribution in [3.05, 3.63) is 28.2 Å². The van der Waals surface area contributed by atoms with E-state index in [2.05, 4.69) is 4.72 Å². The van der Waals surface area contributed by atoms with Gasteiger partial charge >= 0.3 is 5.97 Å². The molecule has 0 fully saturated rings. The first-order valence-electron chi connectivity index (χ1n) is 5.83. The summed E-state index contributed by atoms with van der Waals surface area (Å²) >= 11 is 11.5. The second-order valence-corrected chi connectivity index (χ2v) is 7.25. The van der Waals surface area contributed by atoms with Crippen molar-refractivity contribution in [2.75, 3.05) is 0 Å². The maximum absolute atomic E-state index is 12.1. The largest absolute Gasteiger partial charge is 0.480 e. The Kier molecular flexibility index (Phi) is 5.82. The highest BCUT2D eigenvalue weighted by molar-refractivity contribution is 7.89. The molecule has 1 aromatic rings. The van der Waals surface area contributed by atoms with Gasteiger partial charge in [0.1, 0.15) is 6.04 Å². The lowest BCUT2D eigenvalue weighted by molar-refractivity contribution is -0.139. The third-order valence-corrected chi connectivity index (χ3v) is 4.71. The van der Waals surface area contributed by atoms with Gasteiger partial charge in [0.25, 0.3) is 0 Å². The van der Waals surface area contributed by atoms with Crippen LogP contribution in [0.25, 0.3) is 0 Å². The van der Waals surface area contributed by atoms with E-state index in [-0.39, 0.29) is 27.3 Å². The summed E-state index contributed by atoms with van der Waals surface area (Å²) in [4.78, 5) is 11.0. The number of rotatable bonds is 6. The first-order chi connectivity index (χ1) is 9.13. The second kappa shape index (κ2) is 6.76. The minimum atomic E-state index is -3.96. The molecule has 8 heteroatoms. The molecule has 0 saturated carbocycles. The fourth-order valence-electron chi connectivity index (χ4n) is 1.57. The van der Waals surface area contributed by atoms with Gasteiger partial charge in [0, 0.05) is 0 Å². The zero-order valence-corrected chi connectivity index (χ0v) is 13.3. The van der Waals surface area contributed by atoms with Crippen molar-refractivity contribution in [3.63, 3.8) is 0 Å². The third-order valence-electron chi connectivity index (χ3n) is 2.50. The second-order valence-electron chi connectivity index (χ2n) is 4.72. The average Bonchev–Trinajstić information content (AvgIpc) is 2.30. The van der Waals surface area contributed by atoms with Gasteiger partial charge in [0.2, 0.25) is 10.0 Å². The van der Waals surface area contributed by atoms with Gasteiger partial charge in [0.15, 0.2) is 0 Å². The van der Waals surface area contributed by atoms with Crippen LogP contribution < -0.4 is 4.72 Å². The molecule has 0 spiro atoms. The first kappa shape index (κ1) is 17.2. The highest BCUT2D eigenvalue weighted by atomic mass is 35.5. The molecule has 1 aromatic carbocycles. The smallest absolute Gasteiger partial charge is 0.321 e. The number of nitrogens with one attached hydrogen (secondary N) is 1. The molecule has 5 nitrogen and oxygen atoms in total. The molecule has 0 unspecified atom stereocenters. The van der Waals surface area contributed by atoms with Crippen LogP contribution in [0.1, 0.15) is 20.3 Å². The summed E-state index contributed by atoms with van der Waals surface area (Å²) in [6.07, 6.45) is 0.190. The Hall–Kier alpha value is -0.820. The summed E-state index contributed by atoms with van der Waals surface area (Å²) in [5.41, 5.74) is 0. The van der Waals surface area contributed by atoms with Crippen LogP contribution in [0, 0.1) is 5.92 Å². The van der Waals surface area contributed by atoms with Gasteiger partial charge in [-0.2, -0.15) is 4.72 Å². The zero-order valence-electron chi connectivity index (χ0n) is 10.9. The molecule has 0 bridgehead atoms. The van der Waals surface area contributed by atoms with Crippen LogP contribution in [0.15, 0.2) is 23.1 Å². The van der Waals surface area contributed by atoms with Crippen molar-refractivity contribution >= 4 is 39.2 Å². The fourth-order valence-corrected chi connectivity index (χ4v) is 3.16. The zero-order chi connectivity index (χ0) is 15.5. The molecule has 0 aliphatic heterocycles. The Morgan fingerprint density at radius 3 is 2.35 bits per heavy atom. The average molecular weight is 340 g/mol. The molecule has 0 aliphatic carbocycles. The van der Waals surface area contributed by atoms with Crippen molar-refractivity contribution in [1.82, 2.24) is 4.72 Å². The normalized spacial score (nSPS) is 13.4. The lowest BCUT2D eigenvalue weighted by atomic mass is 10.1. The van der Waals surface area contributed by atoms with E-state index < -0.39 is 22.0 Å². The minimum Gasteiger partial charge on any atom is -0.480 e. The Labute approximate surface area is 127 Å². The van der Waals surface area contributed by atoms with Crippen LogP contribution in [0.2, 0.25) is 10.0 Å². The number of benzene rings is 1. The predicted octanol–water partition coefficient (Wildman–Crippen LogP) is 2.77. The predicted molar refractivity (Wildman–Crippen MR) is 77.7 cm³/mol. The van der Waals surface area contributed by atoms with Gasteiger partial charge in [0.05, 0.1) is 14.9 Å². The van der Waals surface area contributed by atoms with Crippen LogP contribution in [0.5, 0.6) is 0 Å². The molecule has 0 saturated heterocycles. The SMILES string of the molecule is CC(C)C[C@H](NS(=O)(=O)c1ccc(Cl)c(Cl)c1)C(=O)O. The lowest BCUT2D eigenvalue weighted by Gasteiger charge is -2.16. The van der Waals surface area contributed by atoms with E-state index in [9.17, 15) is 13.2 Å². The van der Waals surface area contributed by atoms with Crippen molar-refractivity contribution in [1.29, 1.82) is 0 Å². The topological polar surface area (TPSA) is 83.5 Å². The van der Waals surface area contributed by atoms with Crippen LogP contribution >= 0.6 is 23.2 Å². The number of carboxylic acids is 1. The number of hydrogen-bond acceptors (Lipinski definition) is 3. The van der Waals surface area contributed by atoms with Crippen molar-refractivity contribution in [2.45, 2.75) is 31.2 Å². The molecule has 0 aliphatic rings. The molecule has 2 N–H and O–H groups in total. The molecule has 0 radical (unpaired) electrons. The van der Waals surface area contributed by atoms with Gasteiger partial charge in [-0.3, -0.25) is 4.79 Å². The van der Waals surface area contributed by atoms with E-state index in [1.54, 1.807) is 0 Å². The van der Waals surface area contributed by atoms with E-state index in [1.807, 2.05) is 13.8 Å². The van der Waals surface area contributed by atoms with Crippen molar-refractivity contribution < 1.29 is 18.3 Å². The molecule has 0 amide bonds. The minimum absolute atomic E-state index is 0.0348. The standard InChI is InChI=1S/C12H15Cl2NO4S/c1-7(2)5-11(12(16)17)15-20(18,19)8-3-4-9(13)10(14)6-8/h3-4,6-7,11,15H,5H2,1-2H3,(H,16,17)/t11-/m0/s1.